The van der Waals surface area contributed by atoms with Gasteiger partial charge in [-0.25, -0.2) is 8.42 Å². The molecule has 0 N–H and O–H groups in total. The van der Waals surface area contributed by atoms with Gasteiger partial charge in [-0.2, -0.15) is 0 Å². The van der Waals surface area contributed by atoms with Crippen LogP contribution in [0.15, 0.2) is 35.7 Å². The number of benzene rings is 1. The maximum Gasteiger partial charge on any atom is 0.261 e. The molecule has 1 aliphatic rings. The summed E-state index contributed by atoms with van der Waals surface area (Å²) in [6.45, 7) is 4.27. The zero-order valence-electron chi connectivity index (χ0n) is 15.0. The fraction of sp³-hybridized carbons (Fsp3) is 0.421. The molecule has 1 aliphatic heterocycles. The Bertz CT molecular complexity index is 888. The van der Waals surface area contributed by atoms with E-state index in [2.05, 4.69) is 0 Å². The fourth-order valence-corrected chi connectivity index (χ4v) is 5.74. The molecule has 0 radical (unpaired) electrons. The normalized spacial score (nSPS) is 18.6. The molecule has 2 aromatic rings. The number of amides is 1. The van der Waals surface area contributed by atoms with Crippen LogP contribution in [0.4, 0.5) is 0 Å². The van der Waals surface area contributed by atoms with Crippen molar-refractivity contribution in [2.24, 2.45) is 0 Å². The van der Waals surface area contributed by atoms with Crippen LogP contribution in [-0.4, -0.2) is 43.4 Å². The zero-order valence-corrected chi connectivity index (χ0v) is 16.6. The predicted molar refractivity (Wildman–Crippen MR) is 103 cm³/mol. The highest BCUT2D eigenvalue weighted by atomic mass is 32.2. The topological polar surface area (TPSA) is 63.7 Å². The largest absolute Gasteiger partial charge is 0.484 e. The van der Waals surface area contributed by atoms with E-state index in [1.54, 1.807) is 16.2 Å². The molecule has 1 amide bonds. The number of para-hydroxylation sites is 1. The van der Waals surface area contributed by atoms with E-state index in [-0.39, 0.29) is 30.1 Å². The molecule has 5 nitrogen and oxygen atoms in total. The SMILES string of the molecule is Cc1ccccc1OCC(=O)N(Cc1sccc1C)[C@@H]1CCS(=O)(=O)C1. The summed E-state index contributed by atoms with van der Waals surface area (Å²) >= 11 is 1.59. The second-order valence-electron chi connectivity index (χ2n) is 6.66. The van der Waals surface area contributed by atoms with E-state index < -0.39 is 9.84 Å². The Hall–Kier alpha value is -1.86. The monoisotopic (exact) mass is 393 g/mol. The molecule has 0 saturated carbocycles. The van der Waals surface area contributed by atoms with Gasteiger partial charge in [0.15, 0.2) is 16.4 Å². The van der Waals surface area contributed by atoms with Crippen molar-refractivity contribution in [3.05, 3.63) is 51.7 Å². The van der Waals surface area contributed by atoms with Crippen LogP contribution in [0.25, 0.3) is 0 Å². The zero-order chi connectivity index (χ0) is 18.7. The highest BCUT2D eigenvalue weighted by Crippen LogP contribution is 2.24. The van der Waals surface area contributed by atoms with Crippen LogP contribution in [0, 0.1) is 13.8 Å². The summed E-state index contributed by atoms with van der Waals surface area (Å²) in [5.41, 5.74) is 2.08. The van der Waals surface area contributed by atoms with Gasteiger partial charge in [0.2, 0.25) is 0 Å². The van der Waals surface area contributed by atoms with Crippen molar-refractivity contribution in [1.82, 2.24) is 4.90 Å². The minimum Gasteiger partial charge on any atom is -0.484 e. The van der Waals surface area contributed by atoms with Crippen molar-refractivity contribution in [2.45, 2.75) is 32.9 Å². The molecule has 1 aromatic heterocycles. The molecule has 7 heteroatoms. The van der Waals surface area contributed by atoms with Crippen LogP contribution in [0.2, 0.25) is 0 Å². The summed E-state index contributed by atoms with van der Waals surface area (Å²) < 4.78 is 29.5. The lowest BCUT2D eigenvalue weighted by Crippen LogP contribution is -2.43. The molecule has 0 unspecified atom stereocenters. The lowest BCUT2D eigenvalue weighted by atomic mass is 10.2. The highest BCUT2D eigenvalue weighted by molar-refractivity contribution is 7.91. The van der Waals surface area contributed by atoms with Crippen molar-refractivity contribution in [3.8, 4) is 5.75 Å². The number of rotatable bonds is 6. The van der Waals surface area contributed by atoms with Crippen LogP contribution in [0.1, 0.15) is 22.4 Å². The van der Waals surface area contributed by atoms with Gasteiger partial charge in [0.1, 0.15) is 5.75 Å². The van der Waals surface area contributed by atoms with Gasteiger partial charge in [-0.05, 0) is 48.9 Å². The summed E-state index contributed by atoms with van der Waals surface area (Å²) in [6, 6.07) is 9.27. The molecule has 1 aromatic carbocycles. The third kappa shape index (κ3) is 4.45. The van der Waals surface area contributed by atoms with E-state index in [1.807, 2.05) is 49.6 Å². The van der Waals surface area contributed by atoms with E-state index in [0.717, 1.165) is 16.0 Å². The molecule has 140 valence electrons. The van der Waals surface area contributed by atoms with Gasteiger partial charge < -0.3 is 9.64 Å². The first-order valence-corrected chi connectivity index (χ1v) is 11.3. The van der Waals surface area contributed by atoms with Gasteiger partial charge in [0.05, 0.1) is 18.1 Å². The van der Waals surface area contributed by atoms with Gasteiger partial charge in [-0.15, -0.1) is 11.3 Å². The summed E-state index contributed by atoms with van der Waals surface area (Å²) in [4.78, 5) is 15.6. The Morgan fingerprint density at radius 3 is 2.62 bits per heavy atom. The first kappa shape index (κ1) is 18.9. The highest BCUT2D eigenvalue weighted by Gasteiger charge is 2.35. The molecule has 0 bridgehead atoms. The Balaban J connectivity index is 1.75. The average molecular weight is 394 g/mol. The minimum atomic E-state index is -3.07. The Morgan fingerprint density at radius 2 is 2.00 bits per heavy atom. The minimum absolute atomic E-state index is 0.0352. The van der Waals surface area contributed by atoms with Crippen molar-refractivity contribution < 1.29 is 17.9 Å². The Labute approximate surface area is 158 Å². The standard InChI is InChI=1S/C19H23NO4S2/c1-14-5-3-4-6-17(14)24-12-19(21)20(11-18-15(2)7-9-25-18)16-8-10-26(22,23)13-16/h3-7,9,16H,8,10-13H2,1-2H3/t16-/m1/s1. The van der Waals surface area contributed by atoms with Gasteiger partial charge in [0.25, 0.3) is 5.91 Å². The van der Waals surface area contributed by atoms with Gasteiger partial charge in [-0.1, -0.05) is 18.2 Å². The van der Waals surface area contributed by atoms with Crippen molar-refractivity contribution in [1.29, 1.82) is 0 Å². The Kier molecular flexibility index (Phi) is 5.67. The Morgan fingerprint density at radius 1 is 1.23 bits per heavy atom. The number of nitrogens with zero attached hydrogens (tertiary/aromatic N) is 1. The van der Waals surface area contributed by atoms with Crippen LogP contribution in [0.3, 0.4) is 0 Å². The molecule has 1 atom stereocenters. The molecule has 0 spiro atoms. The molecular formula is C19H23NO4S2. The van der Waals surface area contributed by atoms with Crippen LogP contribution in [-0.2, 0) is 21.2 Å². The number of sulfone groups is 1. The number of ether oxygens (including phenoxy) is 1. The first-order chi connectivity index (χ1) is 12.4. The quantitative estimate of drug-likeness (QED) is 0.757. The average Bonchev–Trinajstić information content (AvgIpc) is 3.16. The third-order valence-electron chi connectivity index (χ3n) is 4.70. The number of carbonyl (C=O) groups excluding carboxylic acids is 1. The van der Waals surface area contributed by atoms with E-state index in [4.69, 9.17) is 4.74 Å². The third-order valence-corrected chi connectivity index (χ3v) is 7.45. The molecule has 3 rings (SSSR count). The second-order valence-corrected chi connectivity index (χ2v) is 9.89. The first-order valence-electron chi connectivity index (χ1n) is 8.57. The number of carbonyl (C=O) groups is 1. The second kappa shape index (κ2) is 7.80. The molecule has 1 fully saturated rings. The van der Waals surface area contributed by atoms with E-state index in [0.29, 0.717) is 18.7 Å². The van der Waals surface area contributed by atoms with E-state index in [1.165, 1.54) is 0 Å². The van der Waals surface area contributed by atoms with Crippen LogP contribution < -0.4 is 4.74 Å². The number of thiophene rings is 1. The molecule has 0 aliphatic carbocycles. The molecule has 2 heterocycles. The maximum absolute atomic E-state index is 12.9. The van der Waals surface area contributed by atoms with Crippen LogP contribution >= 0.6 is 11.3 Å². The fourth-order valence-electron chi connectivity index (χ4n) is 3.10. The lowest BCUT2D eigenvalue weighted by molar-refractivity contribution is -0.135. The van der Waals surface area contributed by atoms with Crippen molar-refractivity contribution in [2.75, 3.05) is 18.1 Å². The predicted octanol–water partition coefficient (Wildman–Crippen LogP) is 2.96. The number of hydrogen-bond acceptors (Lipinski definition) is 5. The van der Waals surface area contributed by atoms with Crippen molar-refractivity contribution in [3.63, 3.8) is 0 Å². The molecular weight excluding hydrogens is 370 g/mol. The summed E-state index contributed by atoms with van der Waals surface area (Å²) in [5, 5.41) is 1.99. The van der Waals surface area contributed by atoms with Gasteiger partial charge in [-0.3, -0.25) is 4.79 Å². The number of hydrogen-bond donors (Lipinski definition) is 0. The van der Waals surface area contributed by atoms with Gasteiger partial charge >= 0.3 is 0 Å². The molecule has 1 saturated heterocycles. The summed E-state index contributed by atoms with van der Waals surface area (Å²) in [7, 11) is -3.07. The van der Waals surface area contributed by atoms with Crippen molar-refractivity contribution >= 4 is 27.1 Å². The number of aryl methyl sites for hydroxylation is 2. The maximum atomic E-state index is 12.9. The smallest absolute Gasteiger partial charge is 0.261 e. The lowest BCUT2D eigenvalue weighted by Gasteiger charge is -2.28. The van der Waals surface area contributed by atoms with Crippen LogP contribution in [0.5, 0.6) is 5.75 Å². The van der Waals surface area contributed by atoms with E-state index in [9.17, 15) is 13.2 Å². The molecule has 26 heavy (non-hydrogen) atoms. The summed E-state index contributed by atoms with van der Waals surface area (Å²) in [6.07, 6.45) is 0.489. The van der Waals surface area contributed by atoms with Gasteiger partial charge in [0, 0.05) is 10.9 Å². The summed E-state index contributed by atoms with van der Waals surface area (Å²) in [5.74, 6) is 0.673. The van der Waals surface area contributed by atoms with E-state index >= 15 is 0 Å².